The molecule has 0 amide bonds. The van der Waals surface area contributed by atoms with Crippen LogP contribution in [-0.4, -0.2) is 11.6 Å². The van der Waals surface area contributed by atoms with Crippen LogP contribution in [0, 0.1) is 46.3 Å². The highest BCUT2D eigenvalue weighted by atomic mass is 16.2. The number of Topliss-reactive ketones (excluding diaryl/α,β-unsaturated/α-hetero) is 2. The first kappa shape index (κ1) is 16.0. The number of hydrogen-bond donors (Lipinski definition) is 0. The molecule has 0 N–H and O–H groups in total. The lowest BCUT2D eigenvalue weighted by molar-refractivity contribution is -0.127. The molecule has 6 unspecified atom stereocenters. The number of allylic oxidation sites excluding steroid dienone is 2. The van der Waals surface area contributed by atoms with Gasteiger partial charge in [0.1, 0.15) is 11.6 Å². The maximum Gasteiger partial charge on any atom is 0.144 e. The average molecular weight is 302 g/mol. The second-order valence-corrected chi connectivity index (χ2v) is 9.90. The SMILES string of the molecule is CC(C)(C)C1C(=O)CC(=O)C1C1C2C=CC(C2)C1C(C)(C)C. The summed E-state index contributed by atoms with van der Waals surface area (Å²) in [6, 6.07) is 0. The standard InChI is InChI=1S/C20H30O2/c1-19(2,3)17-12-8-7-11(9-12)15(17)16-13(21)10-14(22)18(16)20(4,5)6/h7-8,11-12,15-18H,9-10H2,1-6H3. The largest absolute Gasteiger partial charge is 0.299 e. The van der Waals surface area contributed by atoms with E-state index in [0.29, 0.717) is 23.7 Å². The third-order valence-corrected chi connectivity index (χ3v) is 6.29. The molecule has 122 valence electrons. The van der Waals surface area contributed by atoms with E-state index in [9.17, 15) is 9.59 Å². The summed E-state index contributed by atoms with van der Waals surface area (Å²) < 4.78 is 0. The Hall–Kier alpha value is -0.920. The number of carbonyl (C=O) groups excluding carboxylic acids is 2. The van der Waals surface area contributed by atoms with Crippen LogP contribution in [0.1, 0.15) is 54.4 Å². The quantitative estimate of drug-likeness (QED) is 0.535. The molecule has 0 aromatic carbocycles. The Balaban J connectivity index is 2.02. The van der Waals surface area contributed by atoms with Crippen molar-refractivity contribution in [2.45, 2.75) is 54.4 Å². The average Bonchev–Trinajstić information content (AvgIpc) is 2.98. The van der Waals surface area contributed by atoms with E-state index in [1.807, 2.05) is 0 Å². The Morgan fingerprint density at radius 2 is 1.45 bits per heavy atom. The van der Waals surface area contributed by atoms with Crippen LogP contribution < -0.4 is 0 Å². The van der Waals surface area contributed by atoms with Crippen LogP contribution in [-0.2, 0) is 9.59 Å². The molecule has 22 heavy (non-hydrogen) atoms. The summed E-state index contributed by atoms with van der Waals surface area (Å²) in [6.07, 6.45) is 6.04. The molecule has 0 aromatic heterocycles. The first-order valence-electron chi connectivity index (χ1n) is 8.75. The maximum absolute atomic E-state index is 12.7. The van der Waals surface area contributed by atoms with E-state index in [-0.39, 0.29) is 40.7 Å². The predicted octanol–water partition coefficient (Wildman–Crippen LogP) is 4.29. The molecule has 3 aliphatic rings. The lowest BCUT2D eigenvalue weighted by Gasteiger charge is -2.44. The fourth-order valence-electron chi connectivity index (χ4n) is 5.81. The van der Waals surface area contributed by atoms with Gasteiger partial charge in [-0.1, -0.05) is 53.7 Å². The molecule has 2 heteroatoms. The van der Waals surface area contributed by atoms with Gasteiger partial charge in [0.25, 0.3) is 0 Å². The van der Waals surface area contributed by atoms with Crippen LogP contribution in [0.5, 0.6) is 0 Å². The van der Waals surface area contributed by atoms with E-state index in [1.54, 1.807) is 0 Å². The van der Waals surface area contributed by atoms with Gasteiger partial charge in [0, 0.05) is 11.8 Å². The molecule has 2 nitrogen and oxygen atoms in total. The molecule has 2 saturated carbocycles. The van der Waals surface area contributed by atoms with Gasteiger partial charge in [-0.3, -0.25) is 9.59 Å². The van der Waals surface area contributed by atoms with Crippen molar-refractivity contribution in [3.8, 4) is 0 Å². The number of ketones is 2. The number of hydrogen-bond acceptors (Lipinski definition) is 2. The highest BCUT2D eigenvalue weighted by molar-refractivity contribution is 6.09. The van der Waals surface area contributed by atoms with E-state index in [1.165, 1.54) is 6.42 Å². The number of rotatable bonds is 1. The second-order valence-electron chi connectivity index (χ2n) is 9.90. The van der Waals surface area contributed by atoms with E-state index in [0.717, 1.165) is 0 Å². The normalized spacial score (nSPS) is 41.7. The minimum atomic E-state index is -0.123. The molecule has 6 atom stereocenters. The Bertz CT molecular complexity index is 529. The summed E-state index contributed by atoms with van der Waals surface area (Å²) in [7, 11) is 0. The molecule has 0 heterocycles. The summed E-state index contributed by atoms with van der Waals surface area (Å²) in [6.45, 7) is 13.3. The van der Waals surface area contributed by atoms with Gasteiger partial charge in [-0.2, -0.15) is 0 Å². The smallest absolute Gasteiger partial charge is 0.144 e. The number of carbonyl (C=O) groups is 2. The van der Waals surface area contributed by atoms with Crippen LogP contribution in [0.2, 0.25) is 0 Å². The first-order chi connectivity index (χ1) is 10.0. The molecular formula is C20H30O2. The summed E-state index contributed by atoms with van der Waals surface area (Å²) in [5, 5.41) is 0. The molecule has 0 spiro atoms. The van der Waals surface area contributed by atoms with Crippen molar-refractivity contribution in [1.82, 2.24) is 0 Å². The molecule has 3 aliphatic carbocycles. The van der Waals surface area contributed by atoms with Gasteiger partial charge in [0.2, 0.25) is 0 Å². The van der Waals surface area contributed by atoms with Crippen LogP contribution in [0.3, 0.4) is 0 Å². The summed E-state index contributed by atoms with van der Waals surface area (Å²) in [5.41, 5.74) is 0.0606. The minimum absolute atomic E-state index is 0.0586. The van der Waals surface area contributed by atoms with Gasteiger partial charge in [-0.25, -0.2) is 0 Å². The third kappa shape index (κ3) is 2.30. The fourth-order valence-corrected chi connectivity index (χ4v) is 5.81. The fraction of sp³-hybridized carbons (Fsp3) is 0.800. The van der Waals surface area contributed by atoms with Crippen molar-refractivity contribution < 1.29 is 9.59 Å². The zero-order valence-corrected chi connectivity index (χ0v) is 14.8. The second kappa shape index (κ2) is 4.79. The van der Waals surface area contributed by atoms with Crippen LogP contribution in [0.15, 0.2) is 12.2 Å². The molecule has 3 rings (SSSR count). The van der Waals surface area contributed by atoms with Crippen LogP contribution >= 0.6 is 0 Å². The zero-order chi connectivity index (χ0) is 16.4. The lowest BCUT2D eigenvalue weighted by Crippen LogP contribution is -2.43. The summed E-state index contributed by atoms with van der Waals surface area (Å²) in [5.74, 6) is 2.22. The Kier molecular flexibility index (Phi) is 3.47. The Morgan fingerprint density at radius 1 is 0.864 bits per heavy atom. The highest BCUT2D eigenvalue weighted by Crippen LogP contribution is 2.60. The lowest BCUT2D eigenvalue weighted by atomic mass is 9.59. The predicted molar refractivity (Wildman–Crippen MR) is 88.2 cm³/mol. The Labute approximate surface area is 134 Å². The molecule has 0 aliphatic heterocycles. The molecule has 2 fully saturated rings. The van der Waals surface area contributed by atoms with Crippen molar-refractivity contribution in [2.75, 3.05) is 0 Å². The van der Waals surface area contributed by atoms with Crippen molar-refractivity contribution >= 4 is 11.6 Å². The van der Waals surface area contributed by atoms with E-state index < -0.39 is 0 Å². The number of fused-ring (bicyclic) bond motifs is 2. The van der Waals surface area contributed by atoms with Gasteiger partial charge >= 0.3 is 0 Å². The van der Waals surface area contributed by atoms with E-state index in [4.69, 9.17) is 0 Å². The molecule has 0 saturated heterocycles. The van der Waals surface area contributed by atoms with Crippen molar-refractivity contribution in [3.05, 3.63) is 12.2 Å². The van der Waals surface area contributed by atoms with E-state index >= 15 is 0 Å². The third-order valence-electron chi connectivity index (χ3n) is 6.29. The molecule has 2 bridgehead atoms. The topological polar surface area (TPSA) is 34.1 Å². The molecular weight excluding hydrogens is 272 g/mol. The van der Waals surface area contributed by atoms with Gasteiger partial charge in [0.05, 0.1) is 6.42 Å². The van der Waals surface area contributed by atoms with Crippen molar-refractivity contribution in [3.63, 3.8) is 0 Å². The van der Waals surface area contributed by atoms with Crippen molar-refractivity contribution in [2.24, 2.45) is 46.3 Å². The highest BCUT2D eigenvalue weighted by Gasteiger charge is 2.59. The van der Waals surface area contributed by atoms with Gasteiger partial charge in [-0.15, -0.1) is 0 Å². The van der Waals surface area contributed by atoms with Gasteiger partial charge < -0.3 is 0 Å². The Morgan fingerprint density at radius 3 is 2.00 bits per heavy atom. The molecule has 0 aromatic rings. The van der Waals surface area contributed by atoms with Gasteiger partial charge in [-0.05, 0) is 40.9 Å². The minimum Gasteiger partial charge on any atom is -0.299 e. The first-order valence-corrected chi connectivity index (χ1v) is 8.75. The van der Waals surface area contributed by atoms with Crippen LogP contribution in [0.4, 0.5) is 0 Å². The van der Waals surface area contributed by atoms with Gasteiger partial charge in [0.15, 0.2) is 0 Å². The summed E-state index contributed by atoms with van der Waals surface area (Å²) >= 11 is 0. The summed E-state index contributed by atoms with van der Waals surface area (Å²) in [4.78, 5) is 25.3. The maximum atomic E-state index is 12.7. The van der Waals surface area contributed by atoms with Crippen LogP contribution in [0.25, 0.3) is 0 Å². The van der Waals surface area contributed by atoms with Crippen molar-refractivity contribution in [1.29, 1.82) is 0 Å². The molecule has 0 radical (unpaired) electrons. The monoisotopic (exact) mass is 302 g/mol. The van der Waals surface area contributed by atoms with E-state index in [2.05, 4.69) is 53.7 Å². The zero-order valence-electron chi connectivity index (χ0n) is 14.8.